The zero-order valence-corrected chi connectivity index (χ0v) is 40.8. The van der Waals surface area contributed by atoms with E-state index in [1.165, 1.54) is 225 Å². The average Bonchev–Trinajstić information content (AvgIpc) is 3.77. The van der Waals surface area contributed by atoms with Gasteiger partial charge >= 0.3 is 11.9 Å². The largest absolute Gasteiger partial charge is 0.465 e. The molecule has 6 nitrogen and oxygen atoms in total. The molecule has 1 saturated heterocycles. The van der Waals surface area contributed by atoms with Gasteiger partial charge in [-0.3, -0.25) is 9.59 Å². The van der Waals surface area contributed by atoms with E-state index in [-0.39, 0.29) is 23.8 Å². The van der Waals surface area contributed by atoms with Crippen molar-refractivity contribution >= 4 is 11.9 Å². The van der Waals surface area contributed by atoms with Crippen molar-refractivity contribution < 1.29 is 19.1 Å². The number of hydrogen-bond donors (Lipinski definition) is 0. The number of carbonyl (C=O) groups excluding carboxylic acids is 2. The van der Waals surface area contributed by atoms with Gasteiger partial charge in [0.2, 0.25) is 0 Å². The molecular weight excluding hydrogens is 729 g/mol. The highest BCUT2D eigenvalue weighted by Gasteiger charge is 2.19. The molecule has 0 aromatic heterocycles. The van der Waals surface area contributed by atoms with Gasteiger partial charge < -0.3 is 19.3 Å². The Hall–Kier alpha value is -1.14. The topological polar surface area (TPSA) is 59.1 Å². The normalized spacial score (nSPS) is 15.4. The second-order valence-corrected chi connectivity index (χ2v) is 19.3. The van der Waals surface area contributed by atoms with Crippen LogP contribution in [0.1, 0.15) is 253 Å². The molecule has 1 rings (SSSR count). The van der Waals surface area contributed by atoms with Crippen molar-refractivity contribution in [1.29, 1.82) is 0 Å². The van der Waals surface area contributed by atoms with Gasteiger partial charge in [0.15, 0.2) is 0 Å². The summed E-state index contributed by atoms with van der Waals surface area (Å²) in [5.41, 5.74) is 0. The van der Waals surface area contributed by atoms with E-state index in [0.717, 1.165) is 25.7 Å². The van der Waals surface area contributed by atoms with Crippen LogP contribution in [0.5, 0.6) is 0 Å². The number of nitrogens with zero attached hydrogens (tertiary/aromatic N) is 2. The second kappa shape index (κ2) is 40.9. The molecule has 0 N–H and O–H groups in total. The smallest absolute Gasteiger partial charge is 0.308 e. The van der Waals surface area contributed by atoms with Crippen molar-refractivity contribution in [3.63, 3.8) is 0 Å². The predicted molar refractivity (Wildman–Crippen MR) is 255 cm³/mol. The van der Waals surface area contributed by atoms with Crippen LogP contribution in [0.4, 0.5) is 0 Å². The number of unbranched alkanes of at least 4 members (excludes halogenated alkanes) is 18. The number of ether oxygens (including phenoxy) is 2. The fourth-order valence-corrected chi connectivity index (χ4v) is 9.09. The molecule has 0 saturated carbocycles. The van der Waals surface area contributed by atoms with E-state index in [4.69, 9.17) is 9.47 Å². The highest BCUT2D eigenvalue weighted by Crippen LogP contribution is 2.22. The summed E-state index contributed by atoms with van der Waals surface area (Å²) in [6.45, 7) is 21.9. The number of hydrogen-bond acceptors (Lipinski definition) is 6. The Bertz CT molecular complexity index is 861. The van der Waals surface area contributed by atoms with Gasteiger partial charge in [-0.05, 0) is 122 Å². The molecule has 350 valence electrons. The van der Waals surface area contributed by atoms with Gasteiger partial charge in [0.1, 0.15) is 0 Å². The van der Waals surface area contributed by atoms with Gasteiger partial charge in [-0.25, -0.2) is 0 Å². The SMILES string of the molecule is CCCCCCCCC(CCCC)COC(=O)C(C)CCCCCCN(CCCCCCC(C)C(=O)OCC(CCCC)CCCCCCCC)CCCN1CCCC1. The Kier molecular flexibility index (Phi) is 38.7. The van der Waals surface area contributed by atoms with Crippen LogP contribution in [0.2, 0.25) is 0 Å². The maximum absolute atomic E-state index is 12.9. The van der Waals surface area contributed by atoms with E-state index in [9.17, 15) is 9.59 Å². The summed E-state index contributed by atoms with van der Waals surface area (Å²) in [4.78, 5) is 31.2. The Labute approximate surface area is 369 Å². The predicted octanol–water partition coefficient (Wildman–Crippen LogP) is 15.1. The molecule has 0 bridgehead atoms. The third-order valence-corrected chi connectivity index (χ3v) is 13.5. The Morgan fingerprint density at radius 2 is 0.780 bits per heavy atom. The van der Waals surface area contributed by atoms with E-state index in [2.05, 4.69) is 51.3 Å². The molecule has 0 aromatic rings. The molecule has 4 unspecified atom stereocenters. The molecular formula is C53H104N2O4. The van der Waals surface area contributed by atoms with Gasteiger partial charge in [0, 0.05) is 0 Å². The molecule has 1 aliphatic heterocycles. The van der Waals surface area contributed by atoms with Crippen LogP contribution in [-0.4, -0.2) is 74.2 Å². The summed E-state index contributed by atoms with van der Waals surface area (Å²) >= 11 is 0. The van der Waals surface area contributed by atoms with Crippen molar-refractivity contribution in [3.8, 4) is 0 Å². The van der Waals surface area contributed by atoms with E-state index < -0.39 is 0 Å². The lowest BCUT2D eigenvalue weighted by atomic mass is 9.95. The third kappa shape index (κ3) is 33.1. The first kappa shape index (κ1) is 55.9. The summed E-state index contributed by atoms with van der Waals surface area (Å²) in [6.07, 6.45) is 41.2. The van der Waals surface area contributed by atoms with Crippen molar-refractivity contribution in [3.05, 3.63) is 0 Å². The molecule has 0 spiro atoms. The number of carbonyl (C=O) groups is 2. The minimum atomic E-state index is 0.00853. The molecule has 0 aromatic carbocycles. The minimum absolute atomic E-state index is 0.00853. The summed E-state index contributed by atoms with van der Waals surface area (Å²) in [5, 5.41) is 0. The van der Waals surface area contributed by atoms with Crippen LogP contribution in [0.3, 0.4) is 0 Å². The summed E-state index contributed by atoms with van der Waals surface area (Å²) in [7, 11) is 0. The lowest BCUT2D eigenvalue weighted by Crippen LogP contribution is -2.30. The first-order valence-corrected chi connectivity index (χ1v) is 26.6. The molecule has 1 aliphatic rings. The highest BCUT2D eigenvalue weighted by molar-refractivity contribution is 5.72. The molecule has 4 atom stereocenters. The van der Waals surface area contributed by atoms with Gasteiger partial charge in [-0.2, -0.15) is 0 Å². The molecule has 0 radical (unpaired) electrons. The molecule has 0 aliphatic carbocycles. The standard InChI is InChI=1S/C53H104N2O4/c1-7-11-15-17-19-27-38-50(36-13-9-3)46-58-52(56)48(5)34-25-21-23-29-40-54(44-33-45-55-42-31-32-43-55)41-30-24-22-26-35-49(6)53(57)59-47-51(37-14-10-4)39-28-20-18-16-12-8-2/h48-51H,7-47H2,1-6H3. The molecule has 1 fully saturated rings. The maximum atomic E-state index is 12.9. The van der Waals surface area contributed by atoms with Crippen LogP contribution in [0.25, 0.3) is 0 Å². The van der Waals surface area contributed by atoms with Gasteiger partial charge in [0.05, 0.1) is 25.0 Å². The summed E-state index contributed by atoms with van der Waals surface area (Å²) in [5.74, 6) is 1.14. The maximum Gasteiger partial charge on any atom is 0.308 e. The van der Waals surface area contributed by atoms with Crippen molar-refractivity contribution in [1.82, 2.24) is 9.80 Å². The van der Waals surface area contributed by atoms with Crippen molar-refractivity contribution in [2.24, 2.45) is 23.7 Å². The fraction of sp³-hybridized carbons (Fsp3) is 0.962. The van der Waals surface area contributed by atoms with Crippen LogP contribution < -0.4 is 0 Å². The molecule has 6 heteroatoms. The van der Waals surface area contributed by atoms with Gasteiger partial charge in [0.25, 0.3) is 0 Å². The first-order chi connectivity index (χ1) is 28.8. The summed E-state index contributed by atoms with van der Waals surface area (Å²) < 4.78 is 11.8. The lowest BCUT2D eigenvalue weighted by Gasteiger charge is -2.24. The number of rotatable bonds is 44. The molecule has 0 amide bonds. The zero-order chi connectivity index (χ0) is 43.0. The second-order valence-electron chi connectivity index (χ2n) is 19.3. The summed E-state index contributed by atoms with van der Waals surface area (Å²) in [6, 6.07) is 0. The average molecular weight is 833 g/mol. The monoisotopic (exact) mass is 833 g/mol. The minimum Gasteiger partial charge on any atom is -0.465 e. The lowest BCUT2D eigenvalue weighted by molar-refractivity contribution is -0.150. The Balaban J connectivity index is 2.33. The van der Waals surface area contributed by atoms with Gasteiger partial charge in [-0.15, -0.1) is 0 Å². The van der Waals surface area contributed by atoms with E-state index in [0.29, 0.717) is 25.0 Å². The van der Waals surface area contributed by atoms with E-state index >= 15 is 0 Å². The Morgan fingerprint density at radius 3 is 1.20 bits per heavy atom. The quantitative estimate of drug-likeness (QED) is 0.0450. The van der Waals surface area contributed by atoms with Crippen molar-refractivity contribution in [2.75, 3.05) is 52.5 Å². The van der Waals surface area contributed by atoms with Crippen LogP contribution >= 0.6 is 0 Å². The van der Waals surface area contributed by atoms with Crippen LogP contribution in [0.15, 0.2) is 0 Å². The first-order valence-electron chi connectivity index (χ1n) is 26.6. The number of likely N-dealkylation sites (tertiary alicyclic amines) is 1. The van der Waals surface area contributed by atoms with E-state index in [1.807, 2.05) is 0 Å². The fourth-order valence-electron chi connectivity index (χ4n) is 9.09. The third-order valence-electron chi connectivity index (χ3n) is 13.5. The molecule has 59 heavy (non-hydrogen) atoms. The van der Waals surface area contributed by atoms with Crippen molar-refractivity contribution in [2.45, 2.75) is 253 Å². The molecule has 1 heterocycles. The van der Waals surface area contributed by atoms with Crippen LogP contribution in [0, 0.1) is 23.7 Å². The van der Waals surface area contributed by atoms with E-state index in [1.54, 1.807) is 0 Å². The highest BCUT2D eigenvalue weighted by atomic mass is 16.5. The van der Waals surface area contributed by atoms with Gasteiger partial charge in [-0.1, -0.05) is 183 Å². The zero-order valence-electron chi connectivity index (χ0n) is 40.8. The number of esters is 2. The Morgan fingerprint density at radius 1 is 0.441 bits per heavy atom. The van der Waals surface area contributed by atoms with Crippen LogP contribution in [-0.2, 0) is 19.1 Å².